The van der Waals surface area contributed by atoms with Crippen LogP contribution in [-0.4, -0.2) is 33.2 Å². The molecule has 22 heavy (non-hydrogen) atoms. The molecule has 0 unspecified atom stereocenters. The molecule has 1 aliphatic rings. The molecule has 1 aromatic carbocycles. The first-order chi connectivity index (χ1) is 10.5. The molecule has 0 bridgehead atoms. The van der Waals surface area contributed by atoms with Crippen LogP contribution in [0.1, 0.15) is 26.2 Å². The van der Waals surface area contributed by atoms with Crippen LogP contribution >= 0.6 is 0 Å². The van der Waals surface area contributed by atoms with Crippen LogP contribution in [0.25, 0.3) is 0 Å². The second-order valence-electron chi connectivity index (χ2n) is 5.62. The van der Waals surface area contributed by atoms with E-state index >= 15 is 0 Å². The Morgan fingerprint density at radius 3 is 2.41 bits per heavy atom. The van der Waals surface area contributed by atoms with Crippen LogP contribution in [0.15, 0.2) is 24.3 Å². The smallest absolute Gasteiger partial charge is 0.238 e. The maximum absolute atomic E-state index is 11.7. The van der Waals surface area contributed by atoms with Gasteiger partial charge in [-0.05, 0) is 56.0 Å². The van der Waals surface area contributed by atoms with Gasteiger partial charge in [0.1, 0.15) is 0 Å². The molecule has 3 N–H and O–H groups in total. The molecule has 1 fully saturated rings. The summed E-state index contributed by atoms with van der Waals surface area (Å²) in [4.78, 5) is 11.7. The highest BCUT2D eigenvalue weighted by molar-refractivity contribution is 7.92. The topological polar surface area (TPSA) is 87.3 Å². The number of sulfonamides is 1. The van der Waals surface area contributed by atoms with Crippen molar-refractivity contribution in [3.05, 3.63) is 24.3 Å². The van der Waals surface area contributed by atoms with Gasteiger partial charge in [-0.25, -0.2) is 8.42 Å². The number of carbonyl (C=O) groups excluding carboxylic acids is 1. The Bertz CT molecular complexity index is 595. The van der Waals surface area contributed by atoms with Gasteiger partial charge in [0.05, 0.1) is 12.3 Å². The van der Waals surface area contributed by atoms with E-state index < -0.39 is 10.0 Å². The van der Waals surface area contributed by atoms with Gasteiger partial charge in [0.25, 0.3) is 0 Å². The summed E-state index contributed by atoms with van der Waals surface area (Å²) in [5, 5.41) is 5.89. The van der Waals surface area contributed by atoms with Crippen molar-refractivity contribution in [2.45, 2.75) is 26.2 Å². The van der Waals surface area contributed by atoms with Crippen molar-refractivity contribution in [2.24, 2.45) is 5.92 Å². The lowest BCUT2D eigenvalue weighted by atomic mass is 10.3. The second-order valence-corrected chi connectivity index (χ2v) is 7.46. The quantitative estimate of drug-likeness (QED) is 0.646. The lowest BCUT2D eigenvalue weighted by Crippen LogP contribution is -2.29. The third-order valence-corrected chi connectivity index (χ3v) is 4.82. The van der Waals surface area contributed by atoms with Crippen molar-refractivity contribution in [3.8, 4) is 0 Å². The number of hydrogen-bond acceptors (Lipinski definition) is 4. The zero-order valence-corrected chi connectivity index (χ0v) is 13.6. The summed E-state index contributed by atoms with van der Waals surface area (Å²) in [6.07, 6.45) is 3.07. The van der Waals surface area contributed by atoms with Crippen molar-refractivity contribution in [3.63, 3.8) is 0 Å². The Morgan fingerprint density at radius 2 is 1.82 bits per heavy atom. The first-order valence-corrected chi connectivity index (χ1v) is 9.25. The Balaban J connectivity index is 1.79. The molecule has 0 aromatic heterocycles. The molecule has 0 heterocycles. The Labute approximate surface area is 131 Å². The van der Waals surface area contributed by atoms with Crippen LogP contribution in [0.2, 0.25) is 0 Å². The van der Waals surface area contributed by atoms with Crippen LogP contribution in [0.5, 0.6) is 0 Å². The number of benzene rings is 1. The van der Waals surface area contributed by atoms with Crippen molar-refractivity contribution >= 4 is 27.3 Å². The average Bonchev–Trinajstić information content (AvgIpc) is 3.25. The molecular weight excluding hydrogens is 302 g/mol. The van der Waals surface area contributed by atoms with E-state index in [2.05, 4.69) is 15.4 Å². The molecule has 0 saturated heterocycles. The van der Waals surface area contributed by atoms with Gasteiger partial charge in [0, 0.05) is 11.4 Å². The molecule has 1 amide bonds. The summed E-state index contributed by atoms with van der Waals surface area (Å²) in [6, 6.07) is 6.64. The van der Waals surface area contributed by atoms with E-state index in [4.69, 9.17) is 0 Å². The Kier molecular flexibility index (Phi) is 5.79. The van der Waals surface area contributed by atoms with Gasteiger partial charge in [-0.2, -0.15) is 0 Å². The molecule has 0 radical (unpaired) electrons. The van der Waals surface area contributed by atoms with Gasteiger partial charge in [0.15, 0.2) is 0 Å². The van der Waals surface area contributed by atoms with E-state index in [-0.39, 0.29) is 11.7 Å². The zero-order chi connectivity index (χ0) is 16.0. The Hall–Kier alpha value is -1.60. The summed E-state index contributed by atoms with van der Waals surface area (Å²) >= 11 is 0. The van der Waals surface area contributed by atoms with Gasteiger partial charge in [0.2, 0.25) is 15.9 Å². The minimum atomic E-state index is -3.28. The van der Waals surface area contributed by atoms with Gasteiger partial charge in [-0.15, -0.1) is 0 Å². The number of nitrogens with one attached hydrogen (secondary N) is 3. The summed E-state index contributed by atoms with van der Waals surface area (Å²) in [5.74, 6) is 0.737. The molecule has 0 atom stereocenters. The predicted octanol–water partition coefficient (Wildman–Crippen LogP) is 1.78. The molecule has 1 saturated carbocycles. The normalized spacial score (nSPS) is 14.6. The number of hydrogen-bond donors (Lipinski definition) is 3. The number of anilines is 2. The van der Waals surface area contributed by atoms with Crippen molar-refractivity contribution < 1.29 is 13.2 Å². The molecule has 6 nitrogen and oxygen atoms in total. The molecule has 0 spiro atoms. The highest BCUT2D eigenvalue weighted by atomic mass is 32.2. The zero-order valence-electron chi connectivity index (χ0n) is 12.8. The van der Waals surface area contributed by atoms with Gasteiger partial charge in [-0.1, -0.05) is 6.92 Å². The summed E-state index contributed by atoms with van der Waals surface area (Å²) in [5.41, 5.74) is 1.15. The SMILES string of the molecule is CCCS(=O)(=O)Nc1ccc(NC(=O)CNCC2CC2)cc1. The van der Waals surface area contributed by atoms with Crippen molar-refractivity contribution in [1.82, 2.24) is 5.32 Å². The molecule has 1 aliphatic carbocycles. The molecule has 122 valence electrons. The van der Waals surface area contributed by atoms with Crippen molar-refractivity contribution in [2.75, 3.05) is 28.9 Å². The van der Waals surface area contributed by atoms with Gasteiger partial charge < -0.3 is 10.6 Å². The van der Waals surface area contributed by atoms with E-state index in [9.17, 15) is 13.2 Å². The molecule has 1 aromatic rings. The van der Waals surface area contributed by atoms with Crippen LogP contribution in [0, 0.1) is 5.92 Å². The number of carbonyl (C=O) groups is 1. The monoisotopic (exact) mass is 325 g/mol. The maximum atomic E-state index is 11.7. The number of amides is 1. The lowest BCUT2D eigenvalue weighted by Gasteiger charge is -2.09. The molecular formula is C15H23N3O3S. The first kappa shape index (κ1) is 16.8. The van der Waals surface area contributed by atoms with E-state index in [1.165, 1.54) is 12.8 Å². The second kappa shape index (κ2) is 7.60. The number of rotatable bonds is 9. The maximum Gasteiger partial charge on any atom is 0.238 e. The summed E-state index contributed by atoms with van der Waals surface area (Å²) in [7, 11) is -3.28. The van der Waals surface area contributed by atoms with Crippen LogP contribution in [-0.2, 0) is 14.8 Å². The minimum absolute atomic E-state index is 0.0954. The molecule has 2 rings (SSSR count). The van der Waals surface area contributed by atoms with E-state index in [1.807, 2.05) is 6.92 Å². The third kappa shape index (κ3) is 6.03. The fourth-order valence-corrected chi connectivity index (χ4v) is 3.17. The van der Waals surface area contributed by atoms with E-state index in [1.54, 1.807) is 24.3 Å². The fourth-order valence-electron chi connectivity index (χ4n) is 2.04. The Morgan fingerprint density at radius 1 is 1.18 bits per heavy atom. The van der Waals surface area contributed by atoms with Crippen LogP contribution in [0.4, 0.5) is 11.4 Å². The van der Waals surface area contributed by atoms with Crippen LogP contribution < -0.4 is 15.4 Å². The lowest BCUT2D eigenvalue weighted by molar-refractivity contribution is -0.115. The largest absolute Gasteiger partial charge is 0.325 e. The average molecular weight is 325 g/mol. The highest BCUT2D eigenvalue weighted by Gasteiger charge is 2.20. The van der Waals surface area contributed by atoms with E-state index in [0.717, 1.165) is 12.5 Å². The predicted molar refractivity (Wildman–Crippen MR) is 88.4 cm³/mol. The fraction of sp³-hybridized carbons (Fsp3) is 0.533. The van der Waals surface area contributed by atoms with Gasteiger partial charge in [-0.3, -0.25) is 9.52 Å². The van der Waals surface area contributed by atoms with Gasteiger partial charge >= 0.3 is 0 Å². The minimum Gasteiger partial charge on any atom is -0.325 e. The molecule has 0 aliphatic heterocycles. The first-order valence-electron chi connectivity index (χ1n) is 7.59. The highest BCUT2D eigenvalue weighted by Crippen LogP contribution is 2.27. The summed E-state index contributed by atoms with van der Waals surface area (Å²) in [6.45, 7) is 3.00. The molecule has 7 heteroatoms. The van der Waals surface area contributed by atoms with Crippen LogP contribution in [0.3, 0.4) is 0 Å². The third-order valence-electron chi connectivity index (χ3n) is 3.33. The summed E-state index contributed by atoms with van der Waals surface area (Å²) < 4.78 is 25.8. The van der Waals surface area contributed by atoms with E-state index in [0.29, 0.717) is 24.3 Å². The standard InChI is InChI=1S/C15H23N3O3S/c1-2-9-22(20,21)18-14-7-5-13(6-8-14)17-15(19)11-16-10-12-3-4-12/h5-8,12,16,18H,2-4,9-11H2,1H3,(H,17,19). The van der Waals surface area contributed by atoms with Crippen molar-refractivity contribution in [1.29, 1.82) is 0 Å².